The number of rotatable bonds is 4. The van der Waals surface area contributed by atoms with Crippen LogP contribution in [0, 0.1) is 11.3 Å². The number of hydrogen-bond acceptors (Lipinski definition) is 2. The Morgan fingerprint density at radius 1 is 1.24 bits per heavy atom. The zero-order valence-electron chi connectivity index (χ0n) is 10.6. The molecule has 1 aliphatic carbocycles. The molecular weight excluding hydrogens is 232 g/mol. The molecule has 4 N–H and O–H groups in total. The minimum Gasteiger partial charge on any atom is -0.369 e. The van der Waals surface area contributed by atoms with E-state index < -0.39 is 31.2 Å². The smallest absolute Gasteiger partial charge is 0.228 e. The van der Waals surface area contributed by atoms with Crippen molar-refractivity contribution in [2.75, 3.05) is 0 Å². The molecule has 0 radical (unpaired) electrons. The molecule has 2 unspecified atom stereocenters. The van der Waals surface area contributed by atoms with Gasteiger partial charge in [-0.1, -0.05) is 43.9 Å². The van der Waals surface area contributed by atoms with Crippen LogP contribution < -0.4 is 11.5 Å². The van der Waals surface area contributed by atoms with Crippen molar-refractivity contribution in [3.63, 3.8) is 0 Å². The lowest BCUT2D eigenvalue weighted by Gasteiger charge is -2.38. The molecule has 0 heterocycles. The SMILES string of the molecule is C[Si](C)(C)CC1(C(N)=O)C=CC=CC1C(N)=O. The fourth-order valence-electron chi connectivity index (χ4n) is 2.40. The van der Waals surface area contributed by atoms with E-state index in [1.54, 1.807) is 24.3 Å². The second-order valence-corrected chi connectivity index (χ2v) is 11.2. The molecule has 4 nitrogen and oxygen atoms in total. The molecule has 0 spiro atoms. The van der Waals surface area contributed by atoms with Crippen molar-refractivity contribution in [1.82, 2.24) is 0 Å². The summed E-state index contributed by atoms with van der Waals surface area (Å²) in [4.78, 5) is 23.3. The van der Waals surface area contributed by atoms with Gasteiger partial charge in [0.2, 0.25) is 11.8 Å². The van der Waals surface area contributed by atoms with Gasteiger partial charge in [0.1, 0.15) is 0 Å². The molecule has 0 saturated heterocycles. The maximum Gasteiger partial charge on any atom is 0.228 e. The van der Waals surface area contributed by atoms with Crippen LogP contribution in [0.2, 0.25) is 25.7 Å². The van der Waals surface area contributed by atoms with Gasteiger partial charge in [0.15, 0.2) is 0 Å². The third-order valence-electron chi connectivity index (χ3n) is 2.95. The Morgan fingerprint density at radius 2 is 1.82 bits per heavy atom. The summed E-state index contributed by atoms with van der Waals surface area (Å²) in [5.74, 6) is -1.59. The first kappa shape index (κ1) is 13.7. The van der Waals surface area contributed by atoms with E-state index in [-0.39, 0.29) is 0 Å². The van der Waals surface area contributed by atoms with Crippen molar-refractivity contribution < 1.29 is 9.59 Å². The molecule has 0 aliphatic heterocycles. The lowest BCUT2D eigenvalue weighted by atomic mass is 9.73. The Hall–Kier alpha value is -1.36. The molecule has 0 aromatic heterocycles. The highest BCUT2D eigenvalue weighted by Gasteiger charge is 2.47. The minimum atomic E-state index is -1.56. The first-order chi connectivity index (χ1) is 7.69. The van der Waals surface area contributed by atoms with Crippen molar-refractivity contribution in [2.45, 2.75) is 25.7 Å². The molecule has 0 aromatic rings. The van der Waals surface area contributed by atoms with E-state index in [1.807, 2.05) is 0 Å². The first-order valence-electron chi connectivity index (χ1n) is 5.64. The van der Waals surface area contributed by atoms with Crippen LogP contribution in [0.1, 0.15) is 0 Å². The summed E-state index contributed by atoms with van der Waals surface area (Å²) in [5, 5.41) is 0. The van der Waals surface area contributed by atoms with Crippen LogP contribution in [-0.2, 0) is 9.59 Å². The highest BCUT2D eigenvalue weighted by molar-refractivity contribution is 6.76. The van der Waals surface area contributed by atoms with Gasteiger partial charge in [-0.05, 0) is 6.04 Å². The number of carbonyl (C=O) groups is 2. The van der Waals surface area contributed by atoms with Gasteiger partial charge < -0.3 is 11.5 Å². The van der Waals surface area contributed by atoms with Gasteiger partial charge >= 0.3 is 0 Å². The first-order valence-corrected chi connectivity index (χ1v) is 9.35. The number of allylic oxidation sites excluding steroid dienone is 2. The van der Waals surface area contributed by atoms with Gasteiger partial charge in [-0.2, -0.15) is 0 Å². The van der Waals surface area contributed by atoms with E-state index in [4.69, 9.17) is 11.5 Å². The fraction of sp³-hybridized carbons (Fsp3) is 0.500. The number of primary amides is 2. The lowest BCUT2D eigenvalue weighted by Crippen LogP contribution is -2.50. The standard InChI is InChI=1S/C12H20N2O2Si/c1-17(2,3)8-12(11(14)16)7-5-4-6-9(12)10(13)15/h4-7,9H,8H2,1-3H3,(H2,13,15)(H2,14,16). The lowest BCUT2D eigenvalue weighted by molar-refractivity contribution is -0.133. The van der Waals surface area contributed by atoms with Crippen molar-refractivity contribution in [1.29, 1.82) is 0 Å². The molecule has 5 heteroatoms. The van der Waals surface area contributed by atoms with Crippen LogP contribution >= 0.6 is 0 Å². The average molecular weight is 252 g/mol. The summed E-state index contributed by atoms with van der Waals surface area (Å²) >= 11 is 0. The summed E-state index contributed by atoms with van der Waals surface area (Å²) in [6.45, 7) is 6.42. The van der Waals surface area contributed by atoms with Crippen molar-refractivity contribution >= 4 is 19.9 Å². The number of nitrogens with two attached hydrogens (primary N) is 2. The van der Waals surface area contributed by atoms with E-state index in [1.165, 1.54) is 0 Å². The fourth-order valence-corrected chi connectivity index (χ4v) is 4.66. The predicted molar refractivity (Wildman–Crippen MR) is 70.7 cm³/mol. The van der Waals surface area contributed by atoms with Crippen LogP contribution in [0.3, 0.4) is 0 Å². The molecule has 2 amide bonds. The molecule has 0 fully saturated rings. The third-order valence-corrected chi connectivity index (χ3v) is 4.60. The largest absolute Gasteiger partial charge is 0.369 e. The maximum absolute atomic E-state index is 11.8. The maximum atomic E-state index is 11.8. The Kier molecular flexibility index (Phi) is 3.61. The molecular formula is C12H20N2O2Si. The Bertz CT molecular complexity index is 396. The quantitative estimate of drug-likeness (QED) is 0.732. The Morgan fingerprint density at radius 3 is 2.24 bits per heavy atom. The minimum absolute atomic E-state index is 0.468. The summed E-state index contributed by atoms with van der Waals surface area (Å²) in [6, 6.07) is 0.629. The zero-order valence-corrected chi connectivity index (χ0v) is 11.6. The molecule has 94 valence electrons. The van der Waals surface area contributed by atoms with E-state index in [9.17, 15) is 9.59 Å². The third kappa shape index (κ3) is 2.85. The summed E-state index contributed by atoms with van der Waals surface area (Å²) in [6.07, 6.45) is 6.92. The van der Waals surface area contributed by atoms with Crippen LogP contribution in [0.15, 0.2) is 24.3 Å². The van der Waals surface area contributed by atoms with Gasteiger partial charge in [0, 0.05) is 8.07 Å². The predicted octanol–water partition coefficient (Wildman–Crippen LogP) is 1.02. The van der Waals surface area contributed by atoms with Crippen molar-refractivity contribution in [3.8, 4) is 0 Å². The zero-order chi connectivity index (χ0) is 13.3. The molecule has 1 aliphatic rings. The second kappa shape index (κ2) is 4.48. The molecule has 0 saturated carbocycles. The second-order valence-electron chi connectivity index (χ2n) is 5.77. The van der Waals surface area contributed by atoms with Gasteiger partial charge in [-0.25, -0.2) is 0 Å². The van der Waals surface area contributed by atoms with Gasteiger partial charge in [-0.3, -0.25) is 9.59 Å². The Labute approximate surface area is 103 Å². The summed E-state index contributed by atoms with van der Waals surface area (Å²) in [5.41, 5.74) is 9.97. The van der Waals surface area contributed by atoms with Gasteiger partial charge in [0.05, 0.1) is 11.3 Å². The van der Waals surface area contributed by atoms with E-state index in [0.29, 0.717) is 6.04 Å². The molecule has 17 heavy (non-hydrogen) atoms. The molecule has 2 atom stereocenters. The van der Waals surface area contributed by atoms with Crippen LogP contribution in [0.25, 0.3) is 0 Å². The topological polar surface area (TPSA) is 86.2 Å². The number of amides is 2. The van der Waals surface area contributed by atoms with Gasteiger partial charge in [0.25, 0.3) is 0 Å². The monoisotopic (exact) mass is 252 g/mol. The highest BCUT2D eigenvalue weighted by atomic mass is 28.3. The van der Waals surface area contributed by atoms with E-state index in [0.717, 1.165) is 0 Å². The number of carbonyl (C=O) groups excluding carboxylic acids is 2. The Balaban J connectivity index is 3.22. The van der Waals surface area contributed by atoms with Gasteiger partial charge in [-0.15, -0.1) is 0 Å². The highest BCUT2D eigenvalue weighted by Crippen LogP contribution is 2.40. The summed E-state index contributed by atoms with van der Waals surface area (Å²) in [7, 11) is -1.56. The summed E-state index contributed by atoms with van der Waals surface area (Å²) < 4.78 is 0. The molecule has 1 rings (SSSR count). The molecule has 0 aromatic carbocycles. The van der Waals surface area contributed by atoms with E-state index in [2.05, 4.69) is 19.6 Å². The molecule has 0 bridgehead atoms. The normalized spacial score (nSPS) is 28.1. The van der Waals surface area contributed by atoms with Crippen LogP contribution in [-0.4, -0.2) is 19.9 Å². The van der Waals surface area contributed by atoms with Crippen LogP contribution in [0.4, 0.5) is 0 Å². The van der Waals surface area contributed by atoms with Crippen molar-refractivity contribution in [3.05, 3.63) is 24.3 Å². The van der Waals surface area contributed by atoms with Crippen LogP contribution in [0.5, 0.6) is 0 Å². The van der Waals surface area contributed by atoms with Crippen molar-refractivity contribution in [2.24, 2.45) is 22.8 Å². The average Bonchev–Trinajstić information content (AvgIpc) is 2.15. The van der Waals surface area contributed by atoms with E-state index >= 15 is 0 Å². The number of hydrogen-bond donors (Lipinski definition) is 2.